The van der Waals surface area contributed by atoms with Crippen molar-refractivity contribution < 1.29 is 0 Å². The van der Waals surface area contributed by atoms with Crippen LogP contribution in [-0.2, 0) is 10.8 Å². The highest BCUT2D eigenvalue weighted by Gasteiger charge is 2.38. The third-order valence-corrected chi connectivity index (χ3v) is 25.4. The molecule has 4 heteroatoms. The Labute approximate surface area is 661 Å². The van der Waals surface area contributed by atoms with Crippen LogP contribution in [0.2, 0.25) is 0 Å². The molecule has 4 aromatic heterocycles. The van der Waals surface area contributed by atoms with Crippen LogP contribution in [-0.4, -0.2) is 18.3 Å². The largest absolute Gasteiger partial charge is 0.309 e. The molecule has 0 aliphatic heterocycles. The maximum Gasteiger partial charge on any atom is 0.0547 e. The molecule has 0 N–H and O–H groups in total. The molecule has 24 rings (SSSR count). The second-order valence-corrected chi connectivity index (χ2v) is 32.4. The van der Waals surface area contributed by atoms with Gasteiger partial charge in [-0.3, -0.25) is 0 Å². The number of hydrogen-bond acceptors (Lipinski definition) is 0. The molecule has 4 heterocycles. The normalized spacial score (nSPS) is 13.2. The molecule has 22 aromatic rings. The van der Waals surface area contributed by atoms with Gasteiger partial charge in [-0.15, -0.1) is 0 Å². The van der Waals surface area contributed by atoms with Gasteiger partial charge in [-0.2, -0.15) is 0 Å². The SMILES string of the molecule is CC1(C)c2ccccc2-c2cc3c(cc21)c1cc(-c2ccc4c(c2)c2ccccc2n4-c2ccc4ccccc4c2)ccc1n3-c1ccc(-c2ccccc2)cc1.CC1(C)c2ccccc2-c2cc3c4cc(-c5ccc6c(c5)c5ccccc5n6-c5ccc6ccccc6c5)ccc4n(-c4ccc(-c5ccccc5)cc4)c3cc21. The lowest BCUT2D eigenvalue weighted by Gasteiger charge is -2.21. The van der Waals surface area contributed by atoms with E-state index in [1.54, 1.807) is 0 Å². The van der Waals surface area contributed by atoms with Crippen LogP contribution < -0.4 is 0 Å². The first kappa shape index (κ1) is 65.6. The van der Waals surface area contributed by atoms with Gasteiger partial charge in [0.05, 0.1) is 44.1 Å². The minimum Gasteiger partial charge on any atom is -0.309 e. The predicted molar refractivity (Wildman–Crippen MR) is 482 cm³/mol. The molecular formula is C110H76N4. The fraction of sp³-hybridized carbons (Fsp3) is 0.0545. The molecule has 4 nitrogen and oxygen atoms in total. The van der Waals surface area contributed by atoms with Gasteiger partial charge in [-0.1, -0.05) is 282 Å². The van der Waals surface area contributed by atoms with Crippen LogP contribution in [0.25, 0.3) is 198 Å². The summed E-state index contributed by atoms with van der Waals surface area (Å²) in [5.74, 6) is 0. The van der Waals surface area contributed by atoms with E-state index >= 15 is 0 Å². The maximum absolute atomic E-state index is 2.49. The third kappa shape index (κ3) is 10.0. The Morgan fingerprint density at radius 2 is 0.456 bits per heavy atom. The second-order valence-electron chi connectivity index (χ2n) is 32.4. The van der Waals surface area contributed by atoms with Gasteiger partial charge in [0.2, 0.25) is 0 Å². The van der Waals surface area contributed by atoms with Crippen LogP contribution in [0.15, 0.2) is 388 Å². The Bertz CT molecular complexity index is 7740. The standard InChI is InChI=1S/2C55H38N2/c1-55(2)49-18-10-8-16-43(49)45-34-54-48(33-50(45)55)47-32-40(24-29-53(47)56(54)41-25-20-37(21-26-41)35-12-4-3-5-13-35)39-23-28-52-46(31-39)44-17-9-11-19-51(44)57(52)42-27-22-36-14-6-7-15-38(36)30-42;1-55(2)49-18-10-8-16-43(49)45-33-48-47-32-40(24-29-53(47)56(54(48)34-50(45)55)41-25-20-37(21-26-41)35-12-4-3-5-13-35)39-23-28-52-46(31-39)44-17-9-11-19-51(44)57(52)42-27-22-36-14-6-7-15-38(36)30-42/h2*3-34H,1-2H3. The first-order valence-corrected chi connectivity index (χ1v) is 39.8. The van der Waals surface area contributed by atoms with Crippen LogP contribution in [0.5, 0.6) is 0 Å². The van der Waals surface area contributed by atoms with E-state index in [4.69, 9.17) is 0 Å². The predicted octanol–water partition coefficient (Wildman–Crippen LogP) is 29.3. The van der Waals surface area contributed by atoms with Gasteiger partial charge in [0.15, 0.2) is 0 Å². The maximum atomic E-state index is 2.49. The molecule has 114 heavy (non-hydrogen) atoms. The van der Waals surface area contributed by atoms with Crippen molar-refractivity contribution in [3.05, 3.63) is 411 Å². The number of fused-ring (bicyclic) bond motifs is 20. The van der Waals surface area contributed by atoms with Gasteiger partial charge < -0.3 is 18.3 Å². The number of benzene rings is 18. The molecule has 0 radical (unpaired) electrons. The van der Waals surface area contributed by atoms with Gasteiger partial charge in [0.25, 0.3) is 0 Å². The number of rotatable bonds is 8. The van der Waals surface area contributed by atoms with E-state index in [0.29, 0.717) is 0 Å². The van der Waals surface area contributed by atoms with Crippen LogP contribution in [0.3, 0.4) is 0 Å². The summed E-state index contributed by atoms with van der Waals surface area (Å²) >= 11 is 0. The van der Waals surface area contributed by atoms with Gasteiger partial charge in [-0.05, 0) is 244 Å². The van der Waals surface area contributed by atoms with Crippen molar-refractivity contribution in [2.45, 2.75) is 38.5 Å². The number of para-hydroxylation sites is 2. The Kier molecular flexibility index (Phi) is 14.4. The van der Waals surface area contributed by atoms with E-state index in [-0.39, 0.29) is 10.8 Å². The summed E-state index contributed by atoms with van der Waals surface area (Å²) in [5.41, 5.74) is 34.9. The molecule has 18 aromatic carbocycles. The highest BCUT2D eigenvalue weighted by Crippen LogP contribution is 2.54. The quantitative estimate of drug-likeness (QED) is 0.144. The molecule has 0 atom stereocenters. The Morgan fingerprint density at radius 3 is 0.904 bits per heavy atom. The number of nitrogens with zero attached hydrogens (tertiary/aromatic N) is 4. The average molecular weight is 1450 g/mol. The molecule has 0 spiro atoms. The zero-order valence-corrected chi connectivity index (χ0v) is 63.7. The molecular weight excluding hydrogens is 1380 g/mol. The van der Waals surface area contributed by atoms with Crippen molar-refractivity contribution in [3.8, 4) is 89.5 Å². The lowest BCUT2D eigenvalue weighted by molar-refractivity contribution is 0.661. The monoisotopic (exact) mass is 1450 g/mol. The van der Waals surface area contributed by atoms with Crippen molar-refractivity contribution in [1.82, 2.24) is 18.3 Å². The van der Waals surface area contributed by atoms with Crippen molar-refractivity contribution in [3.63, 3.8) is 0 Å². The molecule has 0 amide bonds. The fourth-order valence-electron chi connectivity index (χ4n) is 19.7. The lowest BCUT2D eigenvalue weighted by Crippen LogP contribution is -2.14. The van der Waals surface area contributed by atoms with Crippen LogP contribution in [0.4, 0.5) is 0 Å². The molecule has 0 saturated heterocycles. The van der Waals surface area contributed by atoms with E-state index in [2.05, 4.69) is 434 Å². The zero-order valence-electron chi connectivity index (χ0n) is 63.7. The summed E-state index contributed by atoms with van der Waals surface area (Å²) < 4.78 is 9.78. The molecule has 536 valence electrons. The zero-order chi connectivity index (χ0) is 75.7. The minimum atomic E-state index is -0.0921. The summed E-state index contributed by atoms with van der Waals surface area (Å²) in [7, 11) is 0. The topological polar surface area (TPSA) is 19.7 Å². The number of hydrogen-bond donors (Lipinski definition) is 0. The number of aromatic nitrogens is 4. The Hall–Kier alpha value is -14.3. The van der Waals surface area contributed by atoms with Crippen molar-refractivity contribution in [2.24, 2.45) is 0 Å². The van der Waals surface area contributed by atoms with E-state index in [1.807, 2.05) is 0 Å². The molecule has 2 aliphatic rings. The first-order chi connectivity index (χ1) is 56.0. The summed E-state index contributed by atoms with van der Waals surface area (Å²) in [4.78, 5) is 0. The summed E-state index contributed by atoms with van der Waals surface area (Å²) in [6.07, 6.45) is 0. The highest BCUT2D eigenvalue weighted by molar-refractivity contribution is 6.17. The van der Waals surface area contributed by atoms with Crippen molar-refractivity contribution in [1.29, 1.82) is 0 Å². The minimum absolute atomic E-state index is 0.0895. The van der Waals surface area contributed by atoms with Crippen LogP contribution in [0.1, 0.15) is 49.9 Å². The third-order valence-electron chi connectivity index (χ3n) is 25.4. The Morgan fingerprint density at radius 1 is 0.158 bits per heavy atom. The molecule has 0 fully saturated rings. The van der Waals surface area contributed by atoms with Gasteiger partial charge in [-0.25, -0.2) is 0 Å². The summed E-state index contributed by atoms with van der Waals surface area (Å²) in [5, 5.41) is 15.1. The fourth-order valence-corrected chi connectivity index (χ4v) is 19.7. The van der Waals surface area contributed by atoms with Gasteiger partial charge >= 0.3 is 0 Å². The highest BCUT2D eigenvalue weighted by atomic mass is 15.0. The van der Waals surface area contributed by atoms with E-state index in [9.17, 15) is 0 Å². The van der Waals surface area contributed by atoms with Crippen LogP contribution >= 0.6 is 0 Å². The van der Waals surface area contributed by atoms with Gasteiger partial charge in [0, 0.05) is 76.7 Å². The van der Waals surface area contributed by atoms with Crippen molar-refractivity contribution in [2.75, 3.05) is 0 Å². The molecule has 2 aliphatic carbocycles. The Balaban J connectivity index is 0.000000135. The molecule has 0 saturated carbocycles. The lowest BCUT2D eigenvalue weighted by atomic mass is 9.82. The molecule has 0 unspecified atom stereocenters. The van der Waals surface area contributed by atoms with E-state index < -0.39 is 0 Å². The van der Waals surface area contributed by atoms with Crippen LogP contribution in [0, 0.1) is 0 Å². The van der Waals surface area contributed by atoms with E-state index in [1.165, 1.54) is 215 Å². The van der Waals surface area contributed by atoms with E-state index in [0.717, 1.165) is 5.69 Å². The summed E-state index contributed by atoms with van der Waals surface area (Å²) in [6.45, 7) is 9.49. The first-order valence-electron chi connectivity index (χ1n) is 39.8. The van der Waals surface area contributed by atoms with Crippen molar-refractivity contribution >= 4 is 109 Å². The molecule has 0 bridgehead atoms. The second kappa shape index (κ2) is 25.1. The smallest absolute Gasteiger partial charge is 0.0547 e. The average Bonchev–Trinajstić information content (AvgIpc) is 1.55. The van der Waals surface area contributed by atoms with Gasteiger partial charge in [0.1, 0.15) is 0 Å². The summed E-state index contributed by atoms with van der Waals surface area (Å²) in [6, 6.07) is 144.